The van der Waals surface area contributed by atoms with Gasteiger partial charge >= 0.3 is 0 Å². The summed E-state index contributed by atoms with van der Waals surface area (Å²) in [6.45, 7) is 3.46. The minimum Gasteiger partial charge on any atom is -0.326 e. The molecule has 19 heavy (non-hydrogen) atoms. The Hall–Kier alpha value is -1.35. The minimum absolute atomic E-state index is 0.237. The molecule has 0 aromatic heterocycles. The number of nitrogens with zero attached hydrogens (tertiary/aromatic N) is 1. The van der Waals surface area contributed by atoms with Crippen LogP contribution in [0.15, 0.2) is 24.3 Å². The summed E-state index contributed by atoms with van der Waals surface area (Å²) in [6, 6.07) is 8.06. The first-order chi connectivity index (χ1) is 9.26. The van der Waals surface area contributed by atoms with Crippen LogP contribution in [0.3, 0.4) is 0 Å². The van der Waals surface area contributed by atoms with Crippen molar-refractivity contribution in [2.75, 3.05) is 11.4 Å². The molecule has 0 heterocycles. The highest BCUT2D eigenvalue weighted by atomic mass is 16.2. The fourth-order valence-corrected chi connectivity index (χ4v) is 2.80. The van der Waals surface area contributed by atoms with Crippen LogP contribution in [0.2, 0.25) is 0 Å². The average molecular weight is 260 g/mol. The van der Waals surface area contributed by atoms with Gasteiger partial charge in [-0.05, 0) is 37.0 Å². The van der Waals surface area contributed by atoms with E-state index >= 15 is 0 Å². The molecule has 0 bridgehead atoms. The molecule has 1 fully saturated rings. The van der Waals surface area contributed by atoms with Gasteiger partial charge in [-0.2, -0.15) is 0 Å². The predicted octanol–water partition coefficient (Wildman–Crippen LogP) is 3.08. The number of hydrogen-bond acceptors (Lipinski definition) is 2. The first-order valence-electron chi connectivity index (χ1n) is 7.36. The molecule has 0 unspecified atom stereocenters. The van der Waals surface area contributed by atoms with Gasteiger partial charge in [-0.3, -0.25) is 4.79 Å². The number of carbonyl (C=O) groups is 1. The molecule has 2 N–H and O–H groups in total. The van der Waals surface area contributed by atoms with Crippen LogP contribution in [0.1, 0.15) is 44.6 Å². The van der Waals surface area contributed by atoms with Crippen LogP contribution < -0.4 is 10.6 Å². The van der Waals surface area contributed by atoms with E-state index in [2.05, 4.69) is 6.92 Å². The normalized spacial score (nSPS) is 15.7. The number of hydrogen-bond donors (Lipinski definition) is 1. The summed E-state index contributed by atoms with van der Waals surface area (Å²) >= 11 is 0. The van der Waals surface area contributed by atoms with Crippen LogP contribution in [-0.4, -0.2) is 12.5 Å². The fourth-order valence-electron chi connectivity index (χ4n) is 2.80. The van der Waals surface area contributed by atoms with Gasteiger partial charge in [0, 0.05) is 24.7 Å². The Kier molecular flexibility index (Phi) is 4.97. The summed E-state index contributed by atoms with van der Waals surface area (Å²) in [5.41, 5.74) is 7.73. The molecule has 1 aliphatic rings. The van der Waals surface area contributed by atoms with Crippen LogP contribution in [0.4, 0.5) is 5.69 Å². The zero-order chi connectivity index (χ0) is 13.7. The highest BCUT2D eigenvalue weighted by molar-refractivity contribution is 5.95. The number of anilines is 1. The van der Waals surface area contributed by atoms with E-state index in [9.17, 15) is 4.79 Å². The number of rotatable bonds is 5. The summed E-state index contributed by atoms with van der Waals surface area (Å²) in [5, 5.41) is 0. The zero-order valence-corrected chi connectivity index (χ0v) is 11.8. The molecule has 3 nitrogen and oxygen atoms in total. The Morgan fingerprint density at radius 2 is 1.89 bits per heavy atom. The van der Waals surface area contributed by atoms with Crippen molar-refractivity contribution in [1.29, 1.82) is 0 Å². The molecule has 0 radical (unpaired) electrons. The van der Waals surface area contributed by atoms with Gasteiger partial charge in [-0.15, -0.1) is 0 Å². The topological polar surface area (TPSA) is 46.3 Å². The molecule has 1 aromatic carbocycles. The van der Waals surface area contributed by atoms with Gasteiger partial charge in [0.1, 0.15) is 0 Å². The van der Waals surface area contributed by atoms with Gasteiger partial charge in [-0.25, -0.2) is 0 Å². The predicted molar refractivity (Wildman–Crippen MR) is 78.9 cm³/mol. The lowest BCUT2D eigenvalue weighted by atomic mass is 10.1. The lowest BCUT2D eigenvalue weighted by Gasteiger charge is -2.25. The second-order valence-corrected chi connectivity index (χ2v) is 5.34. The van der Waals surface area contributed by atoms with E-state index in [0.29, 0.717) is 12.5 Å². The summed E-state index contributed by atoms with van der Waals surface area (Å²) in [6.07, 6.45) is 5.49. The molecular formula is C16H24N2O. The fraction of sp³-hybridized carbons (Fsp3) is 0.562. The van der Waals surface area contributed by atoms with Crippen LogP contribution in [0.5, 0.6) is 0 Å². The standard InChI is InChI=1S/C16H24N2O/c1-2-11-18(16(19)14-5-3-4-6-14)15-9-7-13(12-17)8-10-15/h7-10,14H,2-6,11-12,17H2,1H3. The number of amides is 1. The van der Waals surface area contributed by atoms with Gasteiger partial charge < -0.3 is 10.6 Å². The van der Waals surface area contributed by atoms with Gasteiger partial charge in [0.05, 0.1) is 0 Å². The quantitative estimate of drug-likeness (QED) is 0.884. The molecule has 1 amide bonds. The average Bonchev–Trinajstić information content (AvgIpc) is 2.98. The molecule has 2 rings (SSSR count). The lowest BCUT2D eigenvalue weighted by Crippen LogP contribution is -2.36. The Bertz CT molecular complexity index is 407. The zero-order valence-electron chi connectivity index (χ0n) is 11.8. The third-order valence-corrected chi connectivity index (χ3v) is 3.90. The largest absolute Gasteiger partial charge is 0.326 e. The lowest BCUT2D eigenvalue weighted by molar-refractivity contribution is -0.122. The van der Waals surface area contributed by atoms with Crippen molar-refractivity contribution in [3.05, 3.63) is 29.8 Å². The molecule has 0 spiro atoms. The molecule has 0 aliphatic heterocycles. The molecule has 1 saturated carbocycles. The second kappa shape index (κ2) is 6.71. The molecule has 0 saturated heterocycles. The smallest absolute Gasteiger partial charge is 0.230 e. The van der Waals surface area contributed by atoms with E-state index < -0.39 is 0 Å². The molecule has 3 heteroatoms. The summed E-state index contributed by atoms with van der Waals surface area (Å²) in [5.74, 6) is 0.542. The summed E-state index contributed by atoms with van der Waals surface area (Å²) in [4.78, 5) is 14.5. The third kappa shape index (κ3) is 3.35. The summed E-state index contributed by atoms with van der Waals surface area (Å²) < 4.78 is 0. The summed E-state index contributed by atoms with van der Waals surface area (Å²) in [7, 11) is 0. The van der Waals surface area contributed by atoms with Crippen LogP contribution in [0.25, 0.3) is 0 Å². The first-order valence-corrected chi connectivity index (χ1v) is 7.36. The minimum atomic E-state index is 0.237. The monoisotopic (exact) mass is 260 g/mol. The first kappa shape index (κ1) is 14.1. The third-order valence-electron chi connectivity index (χ3n) is 3.90. The number of benzene rings is 1. The molecule has 104 valence electrons. The highest BCUT2D eigenvalue weighted by Crippen LogP contribution is 2.28. The van der Waals surface area contributed by atoms with E-state index in [0.717, 1.165) is 37.1 Å². The SMILES string of the molecule is CCCN(C(=O)C1CCCC1)c1ccc(CN)cc1. The van der Waals surface area contributed by atoms with Gasteiger partial charge in [-0.1, -0.05) is 31.9 Å². The van der Waals surface area contributed by atoms with Crippen LogP contribution in [-0.2, 0) is 11.3 Å². The molecule has 0 atom stereocenters. The maximum absolute atomic E-state index is 12.6. The Morgan fingerprint density at radius 3 is 2.42 bits per heavy atom. The number of nitrogens with two attached hydrogens (primary N) is 1. The van der Waals surface area contributed by atoms with Crippen LogP contribution in [0, 0.1) is 5.92 Å². The van der Waals surface area contributed by atoms with Gasteiger partial charge in [0.2, 0.25) is 5.91 Å². The van der Waals surface area contributed by atoms with Crippen molar-refractivity contribution in [2.24, 2.45) is 11.7 Å². The van der Waals surface area contributed by atoms with Crippen molar-refractivity contribution in [3.63, 3.8) is 0 Å². The van der Waals surface area contributed by atoms with Crippen molar-refractivity contribution in [1.82, 2.24) is 0 Å². The maximum Gasteiger partial charge on any atom is 0.230 e. The van der Waals surface area contributed by atoms with Crippen molar-refractivity contribution in [2.45, 2.75) is 45.6 Å². The van der Waals surface area contributed by atoms with Crippen LogP contribution >= 0.6 is 0 Å². The molecule has 1 aromatic rings. The highest BCUT2D eigenvalue weighted by Gasteiger charge is 2.27. The molecular weight excluding hydrogens is 236 g/mol. The van der Waals surface area contributed by atoms with E-state index in [1.165, 1.54) is 12.8 Å². The van der Waals surface area contributed by atoms with Crippen molar-refractivity contribution in [3.8, 4) is 0 Å². The van der Waals surface area contributed by atoms with Crippen molar-refractivity contribution < 1.29 is 4.79 Å². The van der Waals surface area contributed by atoms with Crippen molar-refractivity contribution >= 4 is 11.6 Å². The Morgan fingerprint density at radius 1 is 1.26 bits per heavy atom. The van der Waals surface area contributed by atoms with E-state index in [1.54, 1.807) is 0 Å². The second-order valence-electron chi connectivity index (χ2n) is 5.34. The van der Waals surface area contributed by atoms with Gasteiger partial charge in [0.15, 0.2) is 0 Å². The Balaban J connectivity index is 2.15. The maximum atomic E-state index is 12.6. The van der Waals surface area contributed by atoms with E-state index in [1.807, 2.05) is 29.2 Å². The van der Waals surface area contributed by atoms with E-state index in [-0.39, 0.29) is 5.92 Å². The van der Waals surface area contributed by atoms with E-state index in [4.69, 9.17) is 5.73 Å². The number of carbonyl (C=O) groups excluding carboxylic acids is 1. The Labute approximate surface area is 115 Å². The van der Waals surface area contributed by atoms with Gasteiger partial charge in [0.25, 0.3) is 0 Å². The molecule has 1 aliphatic carbocycles.